The van der Waals surface area contributed by atoms with Crippen molar-refractivity contribution < 1.29 is 19.0 Å². The molecule has 4 rings (SSSR count). The van der Waals surface area contributed by atoms with E-state index in [9.17, 15) is 4.79 Å². The van der Waals surface area contributed by atoms with E-state index in [0.29, 0.717) is 11.5 Å². The Morgan fingerprint density at radius 3 is 2.65 bits per heavy atom. The van der Waals surface area contributed by atoms with Gasteiger partial charge in [0, 0.05) is 32.2 Å². The van der Waals surface area contributed by atoms with Crippen LogP contribution in [0.2, 0.25) is 0 Å². The zero-order valence-corrected chi connectivity index (χ0v) is 15.6. The van der Waals surface area contributed by atoms with Crippen molar-refractivity contribution in [2.75, 3.05) is 32.8 Å². The predicted molar refractivity (Wildman–Crippen MR) is 97.5 cm³/mol. The van der Waals surface area contributed by atoms with Crippen LogP contribution in [0.15, 0.2) is 24.3 Å². The van der Waals surface area contributed by atoms with Crippen molar-refractivity contribution in [2.45, 2.75) is 51.0 Å². The summed E-state index contributed by atoms with van der Waals surface area (Å²) in [6.07, 6.45) is 2.05. The quantitative estimate of drug-likeness (QED) is 0.824. The number of para-hydroxylation sites is 2. The smallest absolute Gasteiger partial charge is 0.267 e. The third-order valence-electron chi connectivity index (χ3n) is 5.41. The zero-order chi connectivity index (χ0) is 18.1. The molecule has 26 heavy (non-hydrogen) atoms. The fourth-order valence-electron chi connectivity index (χ4n) is 4.37. The van der Waals surface area contributed by atoms with Crippen molar-refractivity contribution in [3.8, 4) is 11.5 Å². The van der Waals surface area contributed by atoms with E-state index >= 15 is 0 Å². The first-order valence-electron chi connectivity index (χ1n) is 9.67. The predicted octanol–water partition coefficient (Wildman–Crippen LogP) is 1.93. The van der Waals surface area contributed by atoms with E-state index < -0.39 is 6.10 Å². The molecule has 3 aliphatic rings. The summed E-state index contributed by atoms with van der Waals surface area (Å²) in [6, 6.07) is 7.78. The highest BCUT2D eigenvalue weighted by molar-refractivity contribution is 5.82. The molecule has 142 valence electrons. The Hall–Kier alpha value is -1.79. The van der Waals surface area contributed by atoms with Crippen molar-refractivity contribution in [2.24, 2.45) is 0 Å². The number of ether oxygens (including phenoxy) is 3. The van der Waals surface area contributed by atoms with Crippen LogP contribution in [0.4, 0.5) is 0 Å². The van der Waals surface area contributed by atoms with Crippen LogP contribution in [0.5, 0.6) is 11.5 Å². The number of carbonyl (C=O) groups is 1. The maximum absolute atomic E-state index is 13.1. The fourth-order valence-corrected chi connectivity index (χ4v) is 4.37. The molecule has 6 heteroatoms. The van der Waals surface area contributed by atoms with Gasteiger partial charge in [-0.25, -0.2) is 0 Å². The number of benzene rings is 1. The lowest BCUT2D eigenvalue weighted by Crippen LogP contribution is -2.53. The van der Waals surface area contributed by atoms with E-state index in [-0.39, 0.29) is 30.8 Å². The van der Waals surface area contributed by atoms with E-state index in [1.165, 1.54) is 0 Å². The molecule has 0 saturated carbocycles. The number of hydrogen-bond donors (Lipinski definition) is 0. The van der Waals surface area contributed by atoms with Gasteiger partial charge in [-0.05, 0) is 38.8 Å². The molecule has 0 unspecified atom stereocenters. The van der Waals surface area contributed by atoms with E-state index in [0.717, 1.165) is 39.0 Å². The Kier molecular flexibility index (Phi) is 5.05. The Morgan fingerprint density at radius 2 is 1.88 bits per heavy atom. The molecule has 0 N–H and O–H groups in total. The summed E-state index contributed by atoms with van der Waals surface area (Å²) in [5.41, 5.74) is 0. The minimum absolute atomic E-state index is 0.0522. The molecule has 4 atom stereocenters. The molecule has 0 aromatic heterocycles. The minimum Gasteiger partial charge on any atom is -0.485 e. The summed E-state index contributed by atoms with van der Waals surface area (Å²) in [5.74, 6) is 1.42. The van der Waals surface area contributed by atoms with Gasteiger partial charge >= 0.3 is 0 Å². The van der Waals surface area contributed by atoms with Crippen LogP contribution < -0.4 is 9.47 Å². The summed E-state index contributed by atoms with van der Waals surface area (Å²) >= 11 is 0. The minimum atomic E-state index is -0.548. The molecular formula is C20H28N2O4. The number of morpholine rings is 1. The number of nitrogens with zero attached hydrogens (tertiary/aromatic N) is 2. The molecule has 2 saturated heterocycles. The second kappa shape index (κ2) is 7.45. The van der Waals surface area contributed by atoms with Crippen molar-refractivity contribution >= 4 is 5.91 Å². The van der Waals surface area contributed by atoms with E-state index in [1.807, 2.05) is 29.2 Å². The number of fused-ring (bicyclic) bond motifs is 1. The lowest BCUT2D eigenvalue weighted by atomic mass is 10.1. The average molecular weight is 360 g/mol. The van der Waals surface area contributed by atoms with Gasteiger partial charge in [-0.3, -0.25) is 9.69 Å². The van der Waals surface area contributed by atoms with Crippen molar-refractivity contribution in [3.05, 3.63) is 24.3 Å². The molecule has 0 bridgehead atoms. The van der Waals surface area contributed by atoms with Gasteiger partial charge in [-0.15, -0.1) is 0 Å². The van der Waals surface area contributed by atoms with Gasteiger partial charge in [0.05, 0.1) is 12.2 Å². The number of likely N-dealkylation sites (tertiary alicyclic amines) is 1. The average Bonchev–Trinajstić information content (AvgIpc) is 3.08. The second-order valence-corrected chi connectivity index (χ2v) is 7.67. The number of carbonyl (C=O) groups excluding carboxylic acids is 1. The van der Waals surface area contributed by atoms with E-state index in [1.54, 1.807) is 0 Å². The van der Waals surface area contributed by atoms with Gasteiger partial charge in [0.1, 0.15) is 6.61 Å². The topological polar surface area (TPSA) is 51.2 Å². The monoisotopic (exact) mass is 360 g/mol. The highest BCUT2D eigenvalue weighted by atomic mass is 16.6. The normalized spacial score (nSPS) is 31.8. The van der Waals surface area contributed by atoms with Gasteiger partial charge in [-0.1, -0.05) is 12.1 Å². The van der Waals surface area contributed by atoms with Gasteiger partial charge in [0.25, 0.3) is 5.91 Å². The summed E-state index contributed by atoms with van der Waals surface area (Å²) < 4.78 is 17.5. The second-order valence-electron chi connectivity index (χ2n) is 7.67. The highest BCUT2D eigenvalue weighted by Crippen LogP contribution is 2.32. The van der Waals surface area contributed by atoms with Crippen molar-refractivity contribution in [3.63, 3.8) is 0 Å². The Bertz CT molecular complexity index is 642. The number of hydrogen-bond acceptors (Lipinski definition) is 5. The van der Waals surface area contributed by atoms with Crippen LogP contribution in [0.3, 0.4) is 0 Å². The maximum atomic E-state index is 13.1. The SMILES string of the molecule is C[C@@H]1CN(C[C@@H]2CCCN2C(=O)[C@H]2COc3ccccc3O2)C[C@H](C)O1. The lowest BCUT2D eigenvalue weighted by molar-refractivity contribution is -0.143. The van der Waals surface area contributed by atoms with Crippen LogP contribution >= 0.6 is 0 Å². The first kappa shape index (κ1) is 17.6. The fraction of sp³-hybridized carbons (Fsp3) is 0.650. The molecule has 1 amide bonds. The molecule has 6 nitrogen and oxygen atoms in total. The largest absolute Gasteiger partial charge is 0.485 e. The van der Waals surface area contributed by atoms with Crippen LogP contribution in [0.25, 0.3) is 0 Å². The Labute approximate surface area is 155 Å². The number of rotatable bonds is 3. The molecule has 0 aliphatic carbocycles. The van der Waals surface area contributed by atoms with Gasteiger partial charge in [-0.2, -0.15) is 0 Å². The summed E-state index contributed by atoms with van der Waals surface area (Å²) in [6.45, 7) is 8.09. The van der Waals surface area contributed by atoms with Crippen LogP contribution in [-0.2, 0) is 9.53 Å². The first-order valence-corrected chi connectivity index (χ1v) is 9.67. The molecule has 1 aromatic rings. The molecule has 3 aliphatic heterocycles. The summed E-state index contributed by atoms with van der Waals surface area (Å²) in [5, 5.41) is 0. The summed E-state index contributed by atoms with van der Waals surface area (Å²) in [7, 11) is 0. The molecule has 1 aromatic carbocycles. The van der Waals surface area contributed by atoms with Crippen LogP contribution in [0.1, 0.15) is 26.7 Å². The molecule has 0 spiro atoms. The van der Waals surface area contributed by atoms with Gasteiger partial charge < -0.3 is 19.1 Å². The maximum Gasteiger partial charge on any atom is 0.267 e. The van der Waals surface area contributed by atoms with Crippen molar-refractivity contribution in [1.82, 2.24) is 9.80 Å². The van der Waals surface area contributed by atoms with Gasteiger partial charge in [0.15, 0.2) is 11.5 Å². The molecule has 2 fully saturated rings. The third kappa shape index (κ3) is 3.67. The first-order chi connectivity index (χ1) is 12.6. The number of amides is 1. The van der Waals surface area contributed by atoms with Crippen LogP contribution in [-0.4, -0.2) is 72.8 Å². The Balaban J connectivity index is 1.39. The van der Waals surface area contributed by atoms with E-state index in [2.05, 4.69) is 18.7 Å². The van der Waals surface area contributed by atoms with Gasteiger partial charge in [0.2, 0.25) is 6.10 Å². The highest BCUT2D eigenvalue weighted by Gasteiger charge is 2.38. The van der Waals surface area contributed by atoms with E-state index in [4.69, 9.17) is 14.2 Å². The third-order valence-corrected chi connectivity index (χ3v) is 5.41. The molecule has 0 radical (unpaired) electrons. The summed E-state index contributed by atoms with van der Waals surface area (Å²) in [4.78, 5) is 17.5. The van der Waals surface area contributed by atoms with Crippen LogP contribution in [0, 0.1) is 0 Å². The molecular weight excluding hydrogens is 332 g/mol. The lowest BCUT2D eigenvalue weighted by Gasteiger charge is -2.39. The standard InChI is InChI=1S/C20H28N2O4/c1-14-10-21(11-15(2)25-14)12-16-6-5-9-22(16)20(23)19-13-24-17-7-3-4-8-18(17)26-19/h3-4,7-8,14-16,19H,5-6,9-13H2,1-2H3/t14-,15+,16-,19+/m0/s1. The zero-order valence-electron chi connectivity index (χ0n) is 15.6. The Morgan fingerprint density at radius 1 is 1.15 bits per heavy atom. The van der Waals surface area contributed by atoms with Crippen molar-refractivity contribution in [1.29, 1.82) is 0 Å². The molecule has 3 heterocycles.